The first kappa shape index (κ1) is 21.7. The molecule has 0 saturated carbocycles. The maximum Gasteiger partial charge on any atom is 0.0719 e. The molecular formula is C33H34. The van der Waals surface area contributed by atoms with Crippen molar-refractivity contribution >= 4 is 0 Å². The molecule has 0 aliphatic heterocycles. The molecule has 0 heteroatoms. The van der Waals surface area contributed by atoms with Gasteiger partial charge in [0, 0.05) is 0 Å². The van der Waals surface area contributed by atoms with Gasteiger partial charge >= 0.3 is 0 Å². The fourth-order valence-electron chi connectivity index (χ4n) is 6.02. The molecule has 1 aliphatic carbocycles. The zero-order valence-corrected chi connectivity index (χ0v) is 20.4. The number of hydrogen-bond donors (Lipinski definition) is 0. The molecule has 4 aromatic carbocycles. The molecule has 0 amide bonds. The van der Waals surface area contributed by atoms with Crippen LogP contribution in [0.2, 0.25) is 0 Å². The van der Waals surface area contributed by atoms with E-state index in [1.807, 2.05) is 0 Å². The Hall–Kier alpha value is -3.12. The van der Waals surface area contributed by atoms with Gasteiger partial charge in [-0.25, -0.2) is 0 Å². The highest BCUT2D eigenvalue weighted by molar-refractivity contribution is 5.87. The minimum atomic E-state index is -0.291. The lowest BCUT2D eigenvalue weighted by atomic mass is 9.64. The first-order valence-corrected chi connectivity index (χ1v) is 12.5. The van der Waals surface area contributed by atoms with Crippen LogP contribution >= 0.6 is 0 Å². The summed E-state index contributed by atoms with van der Waals surface area (Å²) >= 11 is 0. The summed E-state index contributed by atoms with van der Waals surface area (Å²) in [4.78, 5) is 0. The highest BCUT2D eigenvalue weighted by atomic mass is 14.5. The summed E-state index contributed by atoms with van der Waals surface area (Å²) in [5, 5.41) is 0. The van der Waals surface area contributed by atoms with Crippen molar-refractivity contribution in [3.63, 3.8) is 0 Å². The molecule has 0 nitrogen and oxygen atoms in total. The average molecular weight is 431 g/mol. The fraction of sp³-hybridized carbons (Fsp3) is 0.273. The van der Waals surface area contributed by atoms with E-state index in [4.69, 9.17) is 0 Å². The molecule has 0 heterocycles. The highest BCUT2D eigenvalue weighted by Crippen LogP contribution is 2.57. The molecule has 0 spiro atoms. The summed E-state index contributed by atoms with van der Waals surface area (Å²) in [6, 6.07) is 32.6. The lowest BCUT2D eigenvalue weighted by Gasteiger charge is -2.37. The van der Waals surface area contributed by atoms with Crippen molar-refractivity contribution in [2.24, 2.45) is 0 Å². The summed E-state index contributed by atoms with van der Waals surface area (Å²) in [7, 11) is 0. The van der Waals surface area contributed by atoms with Crippen LogP contribution in [0.15, 0.2) is 84.9 Å². The molecule has 5 rings (SSSR count). The maximum atomic E-state index is 2.45. The van der Waals surface area contributed by atoms with E-state index in [-0.39, 0.29) is 5.41 Å². The van der Waals surface area contributed by atoms with E-state index in [1.54, 1.807) is 0 Å². The molecule has 4 aromatic rings. The Morgan fingerprint density at radius 3 is 1.36 bits per heavy atom. The van der Waals surface area contributed by atoms with Crippen LogP contribution in [-0.4, -0.2) is 0 Å². The van der Waals surface area contributed by atoms with Gasteiger partial charge in [-0.1, -0.05) is 123 Å². The van der Waals surface area contributed by atoms with Crippen LogP contribution < -0.4 is 0 Å². The van der Waals surface area contributed by atoms with Crippen molar-refractivity contribution in [3.05, 3.63) is 129 Å². The van der Waals surface area contributed by atoms with E-state index in [1.165, 1.54) is 55.6 Å². The lowest BCUT2D eigenvalue weighted by molar-refractivity contribution is 0.726. The van der Waals surface area contributed by atoms with Crippen molar-refractivity contribution in [3.8, 4) is 11.1 Å². The Bertz CT molecular complexity index is 1200. The van der Waals surface area contributed by atoms with E-state index in [0.29, 0.717) is 0 Å². The summed E-state index contributed by atoms with van der Waals surface area (Å²) in [5.41, 5.74) is 13.8. The Balaban J connectivity index is 2.00. The van der Waals surface area contributed by atoms with Crippen molar-refractivity contribution in [2.45, 2.75) is 58.8 Å². The molecule has 1 aliphatic rings. The number of aryl methyl sites for hydroxylation is 4. The van der Waals surface area contributed by atoms with Gasteiger partial charge in [0.1, 0.15) is 0 Å². The molecule has 0 aromatic heterocycles. The Morgan fingerprint density at radius 2 is 0.939 bits per heavy atom. The molecule has 0 bridgehead atoms. The number of benzene rings is 4. The van der Waals surface area contributed by atoms with Crippen LogP contribution in [0.5, 0.6) is 0 Å². The van der Waals surface area contributed by atoms with E-state index in [0.717, 1.165) is 25.7 Å². The van der Waals surface area contributed by atoms with Crippen LogP contribution in [0.4, 0.5) is 0 Å². The second-order valence-electron chi connectivity index (χ2n) is 9.66. The quantitative estimate of drug-likeness (QED) is 0.253. The monoisotopic (exact) mass is 430 g/mol. The third-order valence-corrected chi connectivity index (χ3v) is 7.33. The summed E-state index contributed by atoms with van der Waals surface area (Å²) in [6.45, 7) is 9.04. The molecule has 33 heavy (non-hydrogen) atoms. The van der Waals surface area contributed by atoms with E-state index >= 15 is 0 Å². The van der Waals surface area contributed by atoms with Gasteiger partial charge in [-0.15, -0.1) is 0 Å². The molecule has 0 saturated heterocycles. The predicted octanol–water partition coefficient (Wildman–Crippen LogP) is 8.57. The van der Waals surface area contributed by atoms with E-state index in [2.05, 4.69) is 113 Å². The van der Waals surface area contributed by atoms with E-state index < -0.39 is 0 Å². The Kier molecular flexibility index (Phi) is 5.71. The Morgan fingerprint density at radius 1 is 0.515 bits per heavy atom. The second-order valence-corrected chi connectivity index (χ2v) is 9.66. The van der Waals surface area contributed by atoms with Gasteiger partial charge in [-0.05, 0) is 71.2 Å². The number of hydrogen-bond acceptors (Lipinski definition) is 0. The molecule has 0 radical (unpaired) electrons. The van der Waals surface area contributed by atoms with Gasteiger partial charge < -0.3 is 0 Å². The molecule has 0 fully saturated rings. The SMILES string of the molecule is CCCc1ccccc1C1(c2ccccc2CCC)c2cc(C)ccc2-c2ccc(C)cc21. The smallest absolute Gasteiger partial charge is 0.0651 e. The topological polar surface area (TPSA) is 0 Å². The van der Waals surface area contributed by atoms with Crippen LogP contribution in [0.25, 0.3) is 11.1 Å². The van der Waals surface area contributed by atoms with Gasteiger partial charge in [-0.2, -0.15) is 0 Å². The maximum absolute atomic E-state index is 2.45. The third-order valence-electron chi connectivity index (χ3n) is 7.33. The predicted molar refractivity (Wildman–Crippen MR) is 141 cm³/mol. The normalized spacial score (nSPS) is 13.6. The molecule has 166 valence electrons. The zero-order valence-electron chi connectivity index (χ0n) is 20.4. The highest BCUT2D eigenvalue weighted by Gasteiger charge is 2.47. The largest absolute Gasteiger partial charge is 0.0719 e. The lowest BCUT2D eigenvalue weighted by Crippen LogP contribution is -2.31. The third kappa shape index (κ3) is 3.35. The van der Waals surface area contributed by atoms with E-state index in [9.17, 15) is 0 Å². The van der Waals surface area contributed by atoms with Crippen molar-refractivity contribution in [1.29, 1.82) is 0 Å². The van der Waals surface area contributed by atoms with Gasteiger partial charge in [0.25, 0.3) is 0 Å². The van der Waals surface area contributed by atoms with Crippen LogP contribution in [-0.2, 0) is 18.3 Å². The second kappa shape index (κ2) is 8.67. The molecule has 0 unspecified atom stereocenters. The standard InChI is InChI=1S/C33H34/c1-5-11-25-13-7-9-15-29(25)33(30-16-10-8-14-26(30)12-6-2)31-21-23(3)17-19-27(31)28-20-18-24(4)22-32(28)33/h7-10,13-22H,5-6,11-12H2,1-4H3. The van der Waals surface area contributed by atoms with Gasteiger partial charge in [0.05, 0.1) is 5.41 Å². The Labute approximate surface area is 199 Å². The summed E-state index contributed by atoms with van der Waals surface area (Å²) < 4.78 is 0. The first-order valence-electron chi connectivity index (χ1n) is 12.5. The molecule has 0 N–H and O–H groups in total. The first-order chi connectivity index (χ1) is 16.1. The van der Waals surface area contributed by atoms with Crippen molar-refractivity contribution in [2.75, 3.05) is 0 Å². The number of rotatable bonds is 6. The van der Waals surface area contributed by atoms with Crippen molar-refractivity contribution in [1.82, 2.24) is 0 Å². The summed E-state index contributed by atoms with van der Waals surface area (Å²) in [6.07, 6.45) is 4.47. The van der Waals surface area contributed by atoms with Crippen LogP contribution in [0.1, 0.15) is 71.2 Å². The van der Waals surface area contributed by atoms with Gasteiger partial charge in [0.15, 0.2) is 0 Å². The van der Waals surface area contributed by atoms with Gasteiger partial charge in [-0.3, -0.25) is 0 Å². The minimum Gasteiger partial charge on any atom is -0.0651 e. The van der Waals surface area contributed by atoms with Crippen LogP contribution in [0, 0.1) is 13.8 Å². The summed E-state index contributed by atoms with van der Waals surface area (Å²) in [5.74, 6) is 0. The van der Waals surface area contributed by atoms with Crippen molar-refractivity contribution < 1.29 is 0 Å². The van der Waals surface area contributed by atoms with Crippen LogP contribution in [0.3, 0.4) is 0 Å². The fourth-order valence-corrected chi connectivity index (χ4v) is 6.02. The van der Waals surface area contributed by atoms with Gasteiger partial charge in [0.2, 0.25) is 0 Å². The zero-order chi connectivity index (χ0) is 23.0. The average Bonchev–Trinajstić information content (AvgIpc) is 3.09. The number of fused-ring (bicyclic) bond motifs is 3. The minimum absolute atomic E-state index is 0.291. The molecule has 0 atom stereocenters. The molecular weight excluding hydrogens is 396 g/mol.